The van der Waals surface area contributed by atoms with Crippen molar-refractivity contribution >= 4 is 23.7 Å². The van der Waals surface area contributed by atoms with Crippen molar-refractivity contribution in [2.45, 2.75) is 77.2 Å². The highest BCUT2D eigenvalue weighted by molar-refractivity contribution is 5.94. The monoisotopic (exact) mass is 417 g/mol. The summed E-state index contributed by atoms with van der Waals surface area (Å²) in [6.07, 6.45) is 0.0909. The molecule has 11 heteroatoms. The van der Waals surface area contributed by atoms with E-state index in [1.165, 1.54) is 13.8 Å². The zero-order valence-electron chi connectivity index (χ0n) is 17.5. The van der Waals surface area contributed by atoms with Gasteiger partial charge in [0, 0.05) is 0 Å². The minimum atomic E-state index is -1.32. The summed E-state index contributed by atoms with van der Waals surface area (Å²) in [5, 5.41) is 26.4. The highest BCUT2D eigenvalue weighted by atomic mass is 16.4. The van der Waals surface area contributed by atoms with Gasteiger partial charge < -0.3 is 37.6 Å². The van der Waals surface area contributed by atoms with E-state index in [0.29, 0.717) is 19.4 Å². The van der Waals surface area contributed by atoms with Gasteiger partial charge in [0.1, 0.15) is 18.1 Å². The molecule has 0 fully saturated rings. The van der Waals surface area contributed by atoms with E-state index in [2.05, 4.69) is 16.0 Å². The van der Waals surface area contributed by atoms with Crippen molar-refractivity contribution < 1.29 is 29.4 Å². The number of carbonyl (C=O) groups is 4. The number of rotatable bonds is 13. The number of nitrogens with two attached hydrogens (primary N) is 2. The van der Waals surface area contributed by atoms with Crippen molar-refractivity contribution in [1.82, 2.24) is 16.0 Å². The molecule has 0 aliphatic heterocycles. The Morgan fingerprint density at radius 1 is 0.862 bits per heavy atom. The number of nitrogens with one attached hydrogen (secondary N) is 3. The minimum absolute atomic E-state index is 0.215. The SMILES string of the molecule is CC(N)C(=O)NC(C(=O)NC(CCCCN)C(=O)NC(C(=O)O)C(C)C)C(C)O. The van der Waals surface area contributed by atoms with Crippen LogP contribution in [0, 0.1) is 5.92 Å². The van der Waals surface area contributed by atoms with Crippen LogP contribution in [0.3, 0.4) is 0 Å². The number of hydrogen-bond acceptors (Lipinski definition) is 7. The van der Waals surface area contributed by atoms with Crippen LogP contribution in [0.1, 0.15) is 47.0 Å². The summed E-state index contributed by atoms with van der Waals surface area (Å²) in [6, 6.07) is -4.39. The number of amides is 3. The number of carbonyl (C=O) groups excluding carboxylic acids is 3. The second-order valence-corrected chi connectivity index (χ2v) is 7.43. The Morgan fingerprint density at radius 2 is 1.41 bits per heavy atom. The predicted octanol–water partition coefficient (Wildman–Crippen LogP) is -1.96. The molecule has 0 aliphatic rings. The summed E-state index contributed by atoms with van der Waals surface area (Å²) < 4.78 is 0. The topological polar surface area (TPSA) is 197 Å². The normalized spacial score (nSPS) is 16.3. The average molecular weight is 418 g/mol. The van der Waals surface area contributed by atoms with Gasteiger partial charge >= 0.3 is 5.97 Å². The molecule has 29 heavy (non-hydrogen) atoms. The number of carboxylic acid groups (broad SMARTS) is 1. The first-order valence-corrected chi connectivity index (χ1v) is 9.69. The summed E-state index contributed by atoms with van der Waals surface area (Å²) >= 11 is 0. The first-order valence-electron chi connectivity index (χ1n) is 9.69. The summed E-state index contributed by atoms with van der Waals surface area (Å²) in [7, 11) is 0. The lowest BCUT2D eigenvalue weighted by molar-refractivity contribution is -0.143. The second-order valence-electron chi connectivity index (χ2n) is 7.43. The Morgan fingerprint density at radius 3 is 1.83 bits per heavy atom. The lowest BCUT2D eigenvalue weighted by Gasteiger charge is -2.26. The number of unbranched alkanes of at least 4 members (excludes halogenated alkanes) is 1. The van der Waals surface area contributed by atoms with Gasteiger partial charge in [-0.3, -0.25) is 14.4 Å². The van der Waals surface area contributed by atoms with Crippen LogP contribution < -0.4 is 27.4 Å². The van der Waals surface area contributed by atoms with Gasteiger partial charge in [0.15, 0.2) is 0 Å². The van der Waals surface area contributed by atoms with E-state index in [0.717, 1.165) is 0 Å². The van der Waals surface area contributed by atoms with Gasteiger partial charge in [-0.25, -0.2) is 4.79 Å². The summed E-state index contributed by atoms with van der Waals surface area (Å²) in [5.74, 6) is -3.64. The molecule has 0 heterocycles. The van der Waals surface area contributed by atoms with Crippen LogP contribution in [-0.4, -0.2) is 70.7 Å². The first kappa shape index (κ1) is 26.8. The lowest BCUT2D eigenvalue weighted by Crippen LogP contribution is -2.59. The third kappa shape index (κ3) is 9.68. The van der Waals surface area contributed by atoms with Gasteiger partial charge in [-0.05, 0) is 45.6 Å². The van der Waals surface area contributed by atoms with E-state index in [1.807, 2.05) is 0 Å². The summed E-state index contributed by atoms with van der Waals surface area (Å²) in [6.45, 7) is 6.43. The van der Waals surface area contributed by atoms with E-state index < -0.39 is 54.0 Å². The fourth-order valence-corrected chi connectivity index (χ4v) is 2.48. The first-order chi connectivity index (χ1) is 13.4. The minimum Gasteiger partial charge on any atom is -0.480 e. The lowest BCUT2D eigenvalue weighted by atomic mass is 10.0. The molecular formula is C18H35N5O6. The van der Waals surface area contributed by atoms with E-state index in [-0.39, 0.29) is 12.3 Å². The maximum absolute atomic E-state index is 12.6. The highest BCUT2D eigenvalue weighted by Gasteiger charge is 2.32. The van der Waals surface area contributed by atoms with Crippen molar-refractivity contribution in [2.75, 3.05) is 6.54 Å². The molecular weight excluding hydrogens is 382 g/mol. The van der Waals surface area contributed by atoms with Crippen LogP contribution in [0.15, 0.2) is 0 Å². The van der Waals surface area contributed by atoms with Crippen molar-refractivity contribution in [3.63, 3.8) is 0 Å². The number of carboxylic acids is 1. The molecule has 0 saturated heterocycles. The average Bonchev–Trinajstić information content (AvgIpc) is 2.61. The number of aliphatic hydroxyl groups excluding tert-OH is 1. The summed E-state index contributed by atoms with van der Waals surface area (Å²) in [5.41, 5.74) is 10.9. The smallest absolute Gasteiger partial charge is 0.326 e. The predicted molar refractivity (Wildman–Crippen MR) is 107 cm³/mol. The number of hydrogen-bond donors (Lipinski definition) is 7. The molecule has 5 unspecified atom stereocenters. The molecule has 0 rings (SSSR count). The van der Waals surface area contributed by atoms with Crippen molar-refractivity contribution in [3.05, 3.63) is 0 Å². The molecule has 0 aromatic carbocycles. The fraction of sp³-hybridized carbons (Fsp3) is 0.778. The van der Waals surface area contributed by atoms with Gasteiger partial charge in [-0.15, -0.1) is 0 Å². The Labute approximate surface area is 171 Å². The van der Waals surface area contributed by atoms with Crippen LogP contribution in [0.2, 0.25) is 0 Å². The maximum atomic E-state index is 12.6. The number of aliphatic carboxylic acids is 1. The molecule has 0 spiro atoms. The van der Waals surface area contributed by atoms with E-state index >= 15 is 0 Å². The molecule has 0 bridgehead atoms. The van der Waals surface area contributed by atoms with E-state index in [1.54, 1.807) is 13.8 Å². The van der Waals surface area contributed by atoms with Crippen molar-refractivity contribution in [3.8, 4) is 0 Å². The van der Waals surface area contributed by atoms with Crippen molar-refractivity contribution in [2.24, 2.45) is 17.4 Å². The van der Waals surface area contributed by atoms with Gasteiger partial charge in [0.05, 0.1) is 12.1 Å². The Hall–Kier alpha value is -2.24. The molecule has 0 saturated carbocycles. The quantitative estimate of drug-likeness (QED) is 0.168. The maximum Gasteiger partial charge on any atom is 0.326 e. The van der Waals surface area contributed by atoms with Crippen LogP contribution in [0.25, 0.3) is 0 Å². The fourth-order valence-electron chi connectivity index (χ4n) is 2.48. The number of aliphatic hydroxyl groups is 1. The second kappa shape index (κ2) is 13.1. The molecule has 9 N–H and O–H groups in total. The van der Waals surface area contributed by atoms with Gasteiger partial charge in [-0.2, -0.15) is 0 Å². The van der Waals surface area contributed by atoms with Crippen LogP contribution >= 0.6 is 0 Å². The van der Waals surface area contributed by atoms with E-state index in [4.69, 9.17) is 11.5 Å². The molecule has 0 aromatic rings. The zero-order valence-corrected chi connectivity index (χ0v) is 17.5. The third-order valence-electron chi connectivity index (χ3n) is 4.29. The molecule has 0 radical (unpaired) electrons. The van der Waals surface area contributed by atoms with Gasteiger partial charge in [0.2, 0.25) is 17.7 Å². The Kier molecular flexibility index (Phi) is 12.1. The van der Waals surface area contributed by atoms with E-state index in [9.17, 15) is 29.4 Å². The highest BCUT2D eigenvalue weighted by Crippen LogP contribution is 2.07. The Bertz CT molecular complexity index is 567. The standard InChI is InChI=1S/C18H35N5O6/c1-9(2)13(18(28)29)22-16(26)12(7-5-6-8-19)21-17(27)14(11(4)24)23-15(25)10(3)20/h9-14,24H,5-8,19-20H2,1-4H3,(H,21,27)(H,22,26)(H,23,25)(H,28,29). The van der Waals surface area contributed by atoms with Crippen LogP contribution in [0.5, 0.6) is 0 Å². The van der Waals surface area contributed by atoms with Crippen LogP contribution in [0.4, 0.5) is 0 Å². The Balaban J connectivity index is 5.36. The summed E-state index contributed by atoms with van der Waals surface area (Å²) in [4.78, 5) is 48.4. The van der Waals surface area contributed by atoms with Gasteiger partial charge in [0.25, 0.3) is 0 Å². The molecule has 11 nitrogen and oxygen atoms in total. The van der Waals surface area contributed by atoms with Crippen molar-refractivity contribution in [1.29, 1.82) is 0 Å². The molecule has 3 amide bonds. The molecule has 168 valence electrons. The molecule has 5 atom stereocenters. The molecule has 0 aliphatic carbocycles. The zero-order chi connectivity index (χ0) is 22.7. The molecule has 0 aromatic heterocycles. The van der Waals surface area contributed by atoms with Gasteiger partial charge in [-0.1, -0.05) is 13.8 Å². The largest absolute Gasteiger partial charge is 0.480 e. The van der Waals surface area contributed by atoms with Crippen LogP contribution in [-0.2, 0) is 19.2 Å². The third-order valence-corrected chi connectivity index (χ3v) is 4.29.